The van der Waals surface area contributed by atoms with Crippen LogP contribution in [0.2, 0.25) is 0 Å². The molecule has 0 aromatic heterocycles. The van der Waals surface area contributed by atoms with Gasteiger partial charge in [0.25, 0.3) is 10.2 Å². The number of amides is 1. The summed E-state index contributed by atoms with van der Waals surface area (Å²) in [4.78, 5) is 17.0. The molecular weight excluding hydrogens is 340 g/mol. The van der Waals surface area contributed by atoms with Crippen molar-refractivity contribution in [2.75, 3.05) is 59.4 Å². The zero-order chi connectivity index (χ0) is 18.0. The molecule has 1 amide bonds. The Kier molecular flexibility index (Phi) is 6.03. The van der Waals surface area contributed by atoms with Crippen LogP contribution in [-0.4, -0.2) is 92.1 Å². The van der Waals surface area contributed by atoms with Crippen molar-refractivity contribution in [2.45, 2.75) is 32.6 Å². The fourth-order valence-corrected chi connectivity index (χ4v) is 5.74. The van der Waals surface area contributed by atoms with Gasteiger partial charge in [-0.15, -0.1) is 0 Å². The molecule has 0 N–H and O–H groups in total. The largest absolute Gasteiger partial charge is 0.340 e. The van der Waals surface area contributed by atoms with E-state index in [0.717, 1.165) is 51.9 Å². The van der Waals surface area contributed by atoms with Crippen LogP contribution >= 0.6 is 0 Å². The molecule has 0 aromatic rings. The molecule has 3 rings (SSSR count). The zero-order valence-electron chi connectivity index (χ0n) is 15.6. The highest BCUT2D eigenvalue weighted by Gasteiger charge is 2.38. The minimum Gasteiger partial charge on any atom is -0.340 e. The highest BCUT2D eigenvalue weighted by molar-refractivity contribution is 7.86. The third-order valence-corrected chi connectivity index (χ3v) is 7.95. The summed E-state index contributed by atoms with van der Waals surface area (Å²) >= 11 is 0. The van der Waals surface area contributed by atoms with Crippen LogP contribution in [0.15, 0.2) is 0 Å². The lowest BCUT2D eigenvalue weighted by Gasteiger charge is -2.39. The second kappa shape index (κ2) is 7.90. The Morgan fingerprint density at radius 2 is 1.52 bits per heavy atom. The minimum absolute atomic E-state index is 0.139. The summed E-state index contributed by atoms with van der Waals surface area (Å²) in [5.41, 5.74) is 0. The van der Waals surface area contributed by atoms with Gasteiger partial charge in [0.2, 0.25) is 5.91 Å². The second-order valence-corrected chi connectivity index (χ2v) is 9.84. The lowest BCUT2D eigenvalue weighted by Crippen LogP contribution is -2.54. The van der Waals surface area contributed by atoms with Gasteiger partial charge in [0, 0.05) is 52.4 Å². The smallest absolute Gasteiger partial charge is 0.281 e. The molecule has 1 unspecified atom stereocenters. The molecule has 3 fully saturated rings. The van der Waals surface area contributed by atoms with E-state index in [0.29, 0.717) is 32.1 Å². The Balaban J connectivity index is 1.61. The van der Waals surface area contributed by atoms with Crippen LogP contribution in [0.1, 0.15) is 32.6 Å². The van der Waals surface area contributed by atoms with E-state index in [-0.39, 0.29) is 11.8 Å². The lowest BCUT2D eigenvalue weighted by molar-refractivity contribution is -0.138. The van der Waals surface area contributed by atoms with E-state index < -0.39 is 10.2 Å². The maximum Gasteiger partial charge on any atom is 0.281 e. The van der Waals surface area contributed by atoms with Crippen molar-refractivity contribution in [3.63, 3.8) is 0 Å². The number of hydrogen-bond donors (Lipinski definition) is 0. The molecule has 0 radical (unpaired) electrons. The van der Waals surface area contributed by atoms with E-state index in [4.69, 9.17) is 0 Å². The Labute approximate surface area is 152 Å². The predicted molar refractivity (Wildman–Crippen MR) is 97.3 cm³/mol. The van der Waals surface area contributed by atoms with E-state index in [2.05, 4.69) is 18.9 Å². The first kappa shape index (κ1) is 19.1. The molecule has 3 heterocycles. The maximum atomic E-state index is 13.0. The molecule has 0 spiro atoms. The summed E-state index contributed by atoms with van der Waals surface area (Å²) in [6.07, 6.45) is 3.43. The number of piperazine rings is 1. The van der Waals surface area contributed by atoms with E-state index in [9.17, 15) is 13.2 Å². The normalized spacial score (nSPS) is 29.0. The van der Waals surface area contributed by atoms with E-state index in [1.54, 1.807) is 8.61 Å². The van der Waals surface area contributed by atoms with Gasteiger partial charge in [0.15, 0.2) is 0 Å². The van der Waals surface area contributed by atoms with Gasteiger partial charge in [0.05, 0.1) is 5.92 Å². The van der Waals surface area contributed by atoms with Crippen LogP contribution in [0.4, 0.5) is 0 Å². The van der Waals surface area contributed by atoms with Gasteiger partial charge in [-0.25, -0.2) is 0 Å². The Hall–Kier alpha value is -0.700. The van der Waals surface area contributed by atoms with Crippen molar-refractivity contribution in [2.24, 2.45) is 11.8 Å². The van der Waals surface area contributed by atoms with Crippen molar-refractivity contribution >= 4 is 16.1 Å². The van der Waals surface area contributed by atoms with Gasteiger partial charge < -0.3 is 9.80 Å². The topological polar surface area (TPSA) is 64.2 Å². The maximum absolute atomic E-state index is 13.0. The molecule has 1 atom stereocenters. The number of hydrogen-bond acceptors (Lipinski definition) is 4. The molecule has 3 saturated heterocycles. The van der Waals surface area contributed by atoms with Crippen LogP contribution in [0.25, 0.3) is 0 Å². The first-order valence-corrected chi connectivity index (χ1v) is 11.0. The molecule has 3 aliphatic heterocycles. The van der Waals surface area contributed by atoms with E-state index in [1.165, 1.54) is 0 Å². The van der Waals surface area contributed by atoms with Crippen molar-refractivity contribution in [1.82, 2.24) is 18.4 Å². The standard InChI is InChI=1S/C17H32N4O3S/c1-15-5-8-20(9-6-15)25(23,24)21-7-3-4-16(14-21)17(22)19-12-10-18(2)11-13-19/h15-16H,3-14H2,1-2H3. The molecule has 0 saturated carbocycles. The molecule has 25 heavy (non-hydrogen) atoms. The lowest BCUT2D eigenvalue weighted by atomic mass is 9.98. The Morgan fingerprint density at radius 1 is 0.880 bits per heavy atom. The zero-order valence-corrected chi connectivity index (χ0v) is 16.4. The summed E-state index contributed by atoms with van der Waals surface area (Å²) in [6, 6.07) is 0. The number of likely N-dealkylation sites (N-methyl/N-ethyl adjacent to an activating group) is 1. The highest BCUT2D eigenvalue weighted by Crippen LogP contribution is 2.26. The van der Waals surface area contributed by atoms with Crippen molar-refractivity contribution in [3.8, 4) is 0 Å². The van der Waals surface area contributed by atoms with Crippen molar-refractivity contribution < 1.29 is 13.2 Å². The Bertz CT molecular complexity index is 566. The predicted octanol–water partition coefficient (Wildman–Crippen LogP) is 0.449. The number of piperidine rings is 2. The summed E-state index contributed by atoms with van der Waals surface area (Å²) in [5, 5.41) is 0. The van der Waals surface area contributed by atoms with Crippen LogP contribution in [-0.2, 0) is 15.0 Å². The third-order valence-electron chi connectivity index (χ3n) is 5.94. The number of nitrogens with zero attached hydrogens (tertiary/aromatic N) is 4. The molecule has 0 aromatic carbocycles. The number of carbonyl (C=O) groups is 1. The second-order valence-electron chi connectivity index (χ2n) is 7.92. The average Bonchev–Trinajstić information content (AvgIpc) is 2.62. The summed E-state index contributed by atoms with van der Waals surface area (Å²) in [5.74, 6) is 0.551. The first-order chi connectivity index (χ1) is 11.9. The highest BCUT2D eigenvalue weighted by atomic mass is 32.2. The number of rotatable bonds is 3. The van der Waals surface area contributed by atoms with Gasteiger partial charge in [-0.2, -0.15) is 17.0 Å². The monoisotopic (exact) mass is 372 g/mol. The van der Waals surface area contributed by atoms with Gasteiger partial charge in [-0.05, 0) is 38.6 Å². The number of carbonyl (C=O) groups excluding carboxylic acids is 1. The van der Waals surface area contributed by atoms with Crippen molar-refractivity contribution in [3.05, 3.63) is 0 Å². The molecule has 0 aliphatic carbocycles. The van der Waals surface area contributed by atoms with Crippen LogP contribution in [0.3, 0.4) is 0 Å². The molecule has 8 heteroatoms. The molecule has 0 bridgehead atoms. The quantitative estimate of drug-likeness (QED) is 0.722. The van der Waals surface area contributed by atoms with Gasteiger partial charge >= 0.3 is 0 Å². The van der Waals surface area contributed by atoms with Gasteiger partial charge in [-0.3, -0.25) is 4.79 Å². The summed E-state index contributed by atoms with van der Waals surface area (Å²) < 4.78 is 29.1. The molecule has 7 nitrogen and oxygen atoms in total. The average molecular weight is 373 g/mol. The fraction of sp³-hybridized carbons (Fsp3) is 0.941. The third kappa shape index (κ3) is 4.35. The van der Waals surface area contributed by atoms with E-state index in [1.807, 2.05) is 4.90 Å². The molecular formula is C17H32N4O3S. The van der Waals surface area contributed by atoms with Crippen molar-refractivity contribution in [1.29, 1.82) is 0 Å². The first-order valence-electron chi connectivity index (χ1n) is 9.60. The van der Waals surface area contributed by atoms with Gasteiger partial charge in [0.1, 0.15) is 0 Å². The van der Waals surface area contributed by atoms with Gasteiger partial charge in [-0.1, -0.05) is 6.92 Å². The van der Waals surface area contributed by atoms with Crippen LogP contribution in [0, 0.1) is 11.8 Å². The SMILES string of the molecule is CC1CCN(S(=O)(=O)N2CCCC(C(=O)N3CCN(C)CC3)C2)CC1. The summed E-state index contributed by atoms with van der Waals surface area (Å²) in [7, 11) is -1.36. The molecule has 144 valence electrons. The van der Waals surface area contributed by atoms with E-state index >= 15 is 0 Å². The van der Waals surface area contributed by atoms with Crippen LogP contribution < -0.4 is 0 Å². The summed E-state index contributed by atoms with van der Waals surface area (Å²) in [6.45, 7) is 7.58. The molecule has 3 aliphatic rings. The minimum atomic E-state index is -3.43. The van der Waals surface area contributed by atoms with Crippen LogP contribution in [0.5, 0.6) is 0 Å². The fourth-order valence-electron chi connectivity index (χ4n) is 4.02. The Morgan fingerprint density at radius 3 is 2.16 bits per heavy atom.